The normalized spacial score (nSPS) is 14.3. The highest BCUT2D eigenvalue weighted by atomic mass is 31.2. The van der Waals surface area contributed by atoms with E-state index in [4.69, 9.17) is 18.5 Å². The Morgan fingerprint density at radius 2 is 1.02 bits per heavy atom. The van der Waals surface area contributed by atoms with E-state index in [1.165, 1.54) is 25.7 Å². The fourth-order valence-electron chi connectivity index (χ4n) is 5.33. The van der Waals surface area contributed by atoms with E-state index >= 15 is 0 Å². The second-order valence-electron chi connectivity index (χ2n) is 15.3. The van der Waals surface area contributed by atoms with E-state index in [0.29, 0.717) is 23.9 Å². The number of esters is 2. The van der Waals surface area contributed by atoms with Crippen LogP contribution in [0.3, 0.4) is 0 Å². The molecule has 9 nitrogen and oxygen atoms in total. The second-order valence-corrected chi connectivity index (χ2v) is 16.8. The monoisotopic (exact) mass is 807 g/mol. The summed E-state index contributed by atoms with van der Waals surface area (Å²) in [5, 5.41) is 0. The molecule has 322 valence electrons. The molecule has 0 rings (SSSR count). The minimum Gasteiger partial charge on any atom is -0.462 e. The van der Waals surface area contributed by atoms with Crippen molar-refractivity contribution in [1.82, 2.24) is 0 Å². The van der Waals surface area contributed by atoms with Gasteiger partial charge in [0.15, 0.2) is 6.10 Å². The number of quaternary nitrogens is 1. The quantitative estimate of drug-likeness (QED) is 0.0216. The van der Waals surface area contributed by atoms with Crippen LogP contribution in [0, 0.1) is 0 Å². The minimum absolute atomic E-state index is 0.0204. The van der Waals surface area contributed by atoms with Crippen molar-refractivity contribution >= 4 is 19.8 Å². The molecular weight excluding hydrogens is 725 g/mol. The number of ether oxygens (including phenoxy) is 2. The molecule has 0 saturated heterocycles. The molecule has 0 aliphatic rings. The number of carbonyl (C=O) groups is 2. The van der Waals surface area contributed by atoms with E-state index in [2.05, 4.69) is 86.8 Å². The van der Waals surface area contributed by atoms with Crippen LogP contribution < -0.4 is 0 Å². The van der Waals surface area contributed by atoms with Crippen molar-refractivity contribution in [2.45, 2.75) is 161 Å². The highest BCUT2D eigenvalue weighted by molar-refractivity contribution is 7.47. The summed E-state index contributed by atoms with van der Waals surface area (Å²) in [7, 11) is 1.44. The smallest absolute Gasteiger partial charge is 0.462 e. The first-order valence-electron chi connectivity index (χ1n) is 21.7. The molecule has 0 aromatic heterocycles. The zero-order valence-corrected chi connectivity index (χ0v) is 37.0. The van der Waals surface area contributed by atoms with Gasteiger partial charge in [-0.3, -0.25) is 18.6 Å². The van der Waals surface area contributed by atoms with Crippen LogP contribution in [0.2, 0.25) is 0 Å². The van der Waals surface area contributed by atoms with Crippen LogP contribution in [0.25, 0.3) is 0 Å². The maximum absolute atomic E-state index is 12.7. The Hall–Kier alpha value is -2.55. The number of phosphoric ester groups is 1. The fraction of sp³-hybridized carbons (Fsp3) is 0.696. The van der Waals surface area contributed by atoms with Gasteiger partial charge in [-0.15, -0.1) is 0 Å². The number of rotatable bonds is 38. The highest BCUT2D eigenvalue weighted by Crippen LogP contribution is 2.43. The lowest BCUT2D eigenvalue weighted by Crippen LogP contribution is -2.37. The summed E-state index contributed by atoms with van der Waals surface area (Å²) in [6, 6.07) is 0. The van der Waals surface area contributed by atoms with Gasteiger partial charge in [-0.2, -0.15) is 0 Å². The van der Waals surface area contributed by atoms with Crippen molar-refractivity contribution < 1.29 is 42.1 Å². The van der Waals surface area contributed by atoms with Crippen LogP contribution in [0.1, 0.15) is 155 Å². The van der Waals surface area contributed by atoms with Gasteiger partial charge >= 0.3 is 19.8 Å². The van der Waals surface area contributed by atoms with Gasteiger partial charge in [0.2, 0.25) is 0 Å². The van der Waals surface area contributed by atoms with Crippen molar-refractivity contribution in [3.05, 3.63) is 72.9 Å². The van der Waals surface area contributed by atoms with E-state index < -0.39 is 32.5 Å². The van der Waals surface area contributed by atoms with Crippen molar-refractivity contribution in [2.24, 2.45) is 0 Å². The van der Waals surface area contributed by atoms with Crippen LogP contribution in [-0.2, 0) is 32.7 Å². The van der Waals surface area contributed by atoms with Gasteiger partial charge in [0.1, 0.15) is 19.8 Å². The van der Waals surface area contributed by atoms with Crippen LogP contribution in [0.4, 0.5) is 0 Å². The van der Waals surface area contributed by atoms with Crippen molar-refractivity contribution in [3.8, 4) is 0 Å². The van der Waals surface area contributed by atoms with E-state index in [9.17, 15) is 19.0 Å². The first kappa shape index (κ1) is 53.5. The van der Waals surface area contributed by atoms with Gasteiger partial charge in [0.05, 0.1) is 27.7 Å². The Labute approximate surface area is 342 Å². The molecule has 0 spiro atoms. The number of phosphoric acid groups is 1. The number of nitrogens with zero attached hydrogens (tertiary/aromatic N) is 1. The lowest BCUT2D eigenvalue weighted by atomic mass is 10.1. The van der Waals surface area contributed by atoms with Gasteiger partial charge in [0.25, 0.3) is 0 Å². The van der Waals surface area contributed by atoms with E-state index in [0.717, 1.165) is 89.9 Å². The minimum atomic E-state index is -4.39. The Morgan fingerprint density at radius 1 is 0.571 bits per heavy atom. The maximum atomic E-state index is 12.7. The average molecular weight is 807 g/mol. The number of unbranched alkanes of at least 4 members (excludes halogenated alkanes) is 12. The summed E-state index contributed by atoms with van der Waals surface area (Å²) in [6.07, 6.45) is 46.6. The van der Waals surface area contributed by atoms with Crippen LogP contribution in [0.15, 0.2) is 72.9 Å². The molecule has 56 heavy (non-hydrogen) atoms. The Balaban J connectivity index is 4.45. The molecule has 0 radical (unpaired) electrons. The third-order valence-corrected chi connectivity index (χ3v) is 9.70. The molecular formula is C46H81NO8P+. The summed E-state index contributed by atoms with van der Waals surface area (Å²) in [4.78, 5) is 35.3. The van der Waals surface area contributed by atoms with Gasteiger partial charge in [-0.05, 0) is 83.5 Å². The molecule has 0 saturated carbocycles. The molecule has 0 aliphatic carbocycles. The Bertz CT molecular complexity index is 1180. The molecule has 1 unspecified atom stereocenters. The van der Waals surface area contributed by atoms with Gasteiger partial charge in [0, 0.05) is 12.8 Å². The highest BCUT2D eigenvalue weighted by Gasteiger charge is 2.27. The lowest BCUT2D eigenvalue weighted by Gasteiger charge is -2.24. The first-order valence-corrected chi connectivity index (χ1v) is 23.2. The summed E-state index contributed by atoms with van der Waals surface area (Å²) in [6.45, 7) is 4.21. The van der Waals surface area contributed by atoms with Gasteiger partial charge in [-0.1, -0.05) is 132 Å². The van der Waals surface area contributed by atoms with E-state index in [1.807, 2.05) is 21.1 Å². The van der Waals surface area contributed by atoms with Crippen molar-refractivity contribution in [2.75, 3.05) is 47.5 Å². The Morgan fingerprint density at radius 3 is 1.52 bits per heavy atom. The SMILES string of the molecule is CC/C=C\C/C=C\C/C=C\CCCCCCCC(=O)O[C@H](COC(=O)CCCCCC/C=C\C/C=C\C/C=C\CCCCC)COP(=O)(O)OCC[N+](C)(C)C. The lowest BCUT2D eigenvalue weighted by molar-refractivity contribution is -0.870. The number of likely N-dealkylation sites (N-methyl/N-ethyl adjacent to an activating group) is 1. The standard InChI is InChI=1S/C46H80NO8P/c1-6-8-10-12-14-16-18-20-22-23-25-26-28-30-32-34-36-38-45(48)52-42-44(43-54-56(50,51)53-41-40-47(3,4)5)55-46(49)39-37-35-33-31-29-27-24-21-19-17-15-13-11-9-7-2/h9,11,14-17,20-22,24-26,44H,6-8,10,12-13,18-19,23,27-43H2,1-5H3/p+1/b11-9-,16-14-,17-15-,22-20-,24-21-,26-25-/t44-/m1/s1. The number of carbonyl (C=O) groups excluding carboxylic acids is 2. The summed E-state index contributed by atoms with van der Waals surface area (Å²) >= 11 is 0. The number of hydrogen-bond donors (Lipinski definition) is 1. The average Bonchev–Trinajstić information content (AvgIpc) is 3.15. The van der Waals surface area contributed by atoms with Crippen LogP contribution >= 0.6 is 7.82 Å². The van der Waals surface area contributed by atoms with Gasteiger partial charge < -0.3 is 18.9 Å². The third kappa shape index (κ3) is 41.1. The molecule has 1 N–H and O–H groups in total. The summed E-state index contributed by atoms with van der Waals surface area (Å²) in [5.41, 5.74) is 0. The Kier molecular flexibility index (Phi) is 36.3. The maximum Gasteiger partial charge on any atom is 0.472 e. The number of hydrogen-bond acceptors (Lipinski definition) is 7. The predicted octanol–water partition coefficient (Wildman–Crippen LogP) is 12.2. The van der Waals surface area contributed by atoms with Crippen LogP contribution in [0.5, 0.6) is 0 Å². The molecule has 0 amide bonds. The predicted molar refractivity (Wildman–Crippen MR) is 233 cm³/mol. The fourth-order valence-corrected chi connectivity index (χ4v) is 6.07. The molecule has 0 aliphatic heterocycles. The van der Waals surface area contributed by atoms with Crippen molar-refractivity contribution in [3.63, 3.8) is 0 Å². The topological polar surface area (TPSA) is 108 Å². The summed E-state index contributed by atoms with van der Waals surface area (Å²) in [5.74, 6) is -0.851. The first-order chi connectivity index (χ1) is 27.0. The molecule has 0 aromatic rings. The molecule has 0 fully saturated rings. The molecule has 0 bridgehead atoms. The van der Waals surface area contributed by atoms with E-state index in [-0.39, 0.29) is 26.1 Å². The second kappa shape index (κ2) is 38.0. The third-order valence-electron chi connectivity index (χ3n) is 8.72. The van der Waals surface area contributed by atoms with Crippen molar-refractivity contribution in [1.29, 1.82) is 0 Å². The largest absolute Gasteiger partial charge is 0.472 e. The zero-order chi connectivity index (χ0) is 41.4. The van der Waals surface area contributed by atoms with E-state index in [1.54, 1.807) is 0 Å². The zero-order valence-electron chi connectivity index (χ0n) is 36.1. The molecule has 10 heteroatoms. The summed E-state index contributed by atoms with van der Waals surface area (Å²) < 4.78 is 34.2. The molecule has 0 aromatic carbocycles. The van der Waals surface area contributed by atoms with Gasteiger partial charge in [-0.25, -0.2) is 4.57 Å². The van der Waals surface area contributed by atoms with Crippen LogP contribution in [-0.4, -0.2) is 74.9 Å². The molecule has 0 heterocycles. The number of allylic oxidation sites excluding steroid dienone is 12. The molecule has 2 atom stereocenters.